The van der Waals surface area contributed by atoms with Crippen LogP contribution in [0.1, 0.15) is 11.4 Å². The Kier molecular flexibility index (Phi) is 3.59. The van der Waals surface area contributed by atoms with Crippen LogP contribution in [0.2, 0.25) is 0 Å². The van der Waals surface area contributed by atoms with E-state index in [-0.39, 0.29) is 0 Å². The van der Waals surface area contributed by atoms with Gasteiger partial charge < -0.3 is 9.30 Å². The molecule has 21 heavy (non-hydrogen) atoms. The van der Waals surface area contributed by atoms with E-state index in [1.807, 2.05) is 29.8 Å². The predicted molar refractivity (Wildman–Crippen MR) is 77.9 cm³/mol. The van der Waals surface area contributed by atoms with Gasteiger partial charge in [0.1, 0.15) is 5.82 Å². The Bertz CT molecular complexity index is 736. The Hall–Kier alpha value is -2.76. The molecule has 0 aromatic carbocycles. The summed E-state index contributed by atoms with van der Waals surface area (Å²) in [6.07, 6.45) is 8.94. The maximum absolute atomic E-state index is 5.15. The van der Waals surface area contributed by atoms with Crippen molar-refractivity contribution >= 4 is 0 Å². The van der Waals surface area contributed by atoms with Crippen molar-refractivity contribution in [2.45, 2.75) is 13.5 Å². The molecular weight excluding hydrogens is 266 g/mol. The maximum Gasteiger partial charge on any atom is 0.213 e. The number of imidazole rings is 1. The van der Waals surface area contributed by atoms with Gasteiger partial charge in [0.15, 0.2) is 0 Å². The Morgan fingerprint density at radius 3 is 2.76 bits per heavy atom. The molecule has 0 aliphatic heterocycles. The lowest BCUT2D eigenvalue weighted by atomic mass is 10.2. The minimum atomic E-state index is 0.567. The number of hydrogen-bond acceptors (Lipinski definition) is 5. The van der Waals surface area contributed by atoms with Gasteiger partial charge in [-0.1, -0.05) is 0 Å². The largest absolute Gasteiger partial charge is 0.481 e. The van der Waals surface area contributed by atoms with E-state index >= 15 is 0 Å². The average Bonchev–Trinajstić information content (AvgIpc) is 2.98. The van der Waals surface area contributed by atoms with Gasteiger partial charge in [0.2, 0.25) is 5.88 Å². The van der Waals surface area contributed by atoms with Gasteiger partial charge >= 0.3 is 0 Å². The third-order valence-corrected chi connectivity index (χ3v) is 3.08. The van der Waals surface area contributed by atoms with Crippen LogP contribution < -0.4 is 4.74 Å². The van der Waals surface area contributed by atoms with Gasteiger partial charge in [0.25, 0.3) is 0 Å². The molecule has 0 aliphatic carbocycles. The zero-order valence-electron chi connectivity index (χ0n) is 11.9. The topological polar surface area (TPSA) is 65.7 Å². The number of aromatic nitrogens is 5. The van der Waals surface area contributed by atoms with Crippen molar-refractivity contribution in [1.29, 1.82) is 0 Å². The number of hydrogen-bond donors (Lipinski definition) is 0. The molecule has 0 fully saturated rings. The molecule has 6 heteroatoms. The molecule has 0 saturated carbocycles. The molecule has 3 aromatic heterocycles. The molecule has 3 aromatic rings. The number of ether oxygens (including phenoxy) is 1. The van der Waals surface area contributed by atoms with Crippen molar-refractivity contribution in [2.75, 3.05) is 7.11 Å². The summed E-state index contributed by atoms with van der Waals surface area (Å²) in [6, 6.07) is 3.77. The van der Waals surface area contributed by atoms with Gasteiger partial charge in [-0.05, 0) is 13.0 Å². The average molecular weight is 281 g/mol. The molecule has 0 unspecified atom stereocenters. The summed E-state index contributed by atoms with van der Waals surface area (Å²) in [5.41, 5.74) is 2.75. The van der Waals surface area contributed by atoms with Gasteiger partial charge in [0.05, 0.1) is 31.2 Å². The summed E-state index contributed by atoms with van der Waals surface area (Å²) in [5.74, 6) is 1.41. The van der Waals surface area contributed by atoms with Crippen LogP contribution in [0.3, 0.4) is 0 Å². The molecule has 3 heterocycles. The van der Waals surface area contributed by atoms with Crippen molar-refractivity contribution in [2.24, 2.45) is 0 Å². The molecule has 0 spiro atoms. The lowest BCUT2D eigenvalue weighted by molar-refractivity contribution is 0.398. The summed E-state index contributed by atoms with van der Waals surface area (Å²) in [4.78, 5) is 17.2. The van der Waals surface area contributed by atoms with E-state index in [0.29, 0.717) is 12.4 Å². The molecule has 3 rings (SSSR count). The van der Waals surface area contributed by atoms with Crippen LogP contribution in [-0.2, 0) is 6.54 Å². The van der Waals surface area contributed by atoms with Crippen LogP contribution in [0.5, 0.6) is 5.88 Å². The first kappa shape index (κ1) is 13.2. The van der Waals surface area contributed by atoms with Crippen LogP contribution in [0.15, 0.2) is 43.1 Å². The maximum atomic E-state index is 5.15. The quantitative estimate of drug-likeness (QED) is 0.732. The minimum Gasteiger partial charge on any atom is -0.481 e. The molecule has 0 aliphatic rings. The monoisotopic (exact) mass is 281 g/mol. The first-order valence-electron chi connectivity index (χ1n) is 6.55. The van der Waals surface area contributed by atoms with Crippen molar-refractivity contribution in [3.63, 3.8) is 0 Å². The zero-order chi connectivity index (χ0) is 14.7. The van der Waals surface area contributed by atoms with Gasteiger partial charge in [-0.15, -0.1) is 0 Å². The van der Waals surface area contributed by atoms with Crippen LogP contribution >= 0.6 is 0 Å². The fourth-order valence-electron chi connectivity index (χ4n) is 2.03. The Morgan fingerprint density at radius 2 is 2.00 bits per heavy atom. The van der Waals surface area contributed by atoms with E-state index in [0.717, 1.165) is 22.8 Å². The van der Waals surface area contributed by atoms with E-state index in [2.05, 4.69) is 19.9 Å². The van der Waals surface area contributed by atoms with Crippen LogP contribution in [-0.4, -0.2) is 31.6 Å². The summed E-state index contributed by atoms with van der Waals surface area (Å²) in [7, 11) is 1.60. The highest BCUT2D eigenvalue weighted by atomic mass is 16.5. The van der Waals surface area contributed by atoms with E-state index in [1.165, 1.54) is 0 Å². The second-order valence-corrected chi connectivity index (χ2v) is 4.61. The molecule has 0 atom stereocenters. The molecule has 0 amide bonds. The third-order valence-electron chi connectivity index (χ3n) is 3.08. The molecule has 0 saturated heterocycles. The Balaban J connectivity index is 1.91. The Labute approximate surface area is 122 Å². The lowest BCUT2D eigenvalue weighted by Gasteiger charge is -2.08. The zero-order valence-corrected chi connectivity index (χ0v) is 11.9. The van der Waals surface area contributed by atoms with Crippen LogP contribution in [0, 0.1) is 6.92 Å². The first-order valence-corrected chi connectivity index (χ1v) is 6.55. The predicted octanol–water partition coefficient (Wildman–Crippen LogP) is 2.10. The molecule has 106 valence electrons. The van der Waals surface area contributed by atoms with Crippen molar-refractivity contribution in [1.82, 2.24) is 24.5 Å². The third kappa shape index (κ3) is 2.89. The summed E-state index contributed by atoms with van der Waals surface area (Å²) < 4.78 is 7.18. The van der Waals surface area contributed by atoms with Crippen molar-refractivity contribution in [3.8, 4) is 17.3 Å². The summed E-state index contributed by atoms with van der Waals surface area (Å²) >= 11 is 0. The second kappa shape index (κ2) is 5.70. The van der Waals surface area contributed by atoms with E-state index in [4.69, 9.17) is 4.74 Å². The SMILES string of the molecule is COc1cc(-c2nccn2Cc2cnc(C)cn2)ccn1. The minimum absolute atomic E-state index is 0.567. The number of pyridine rings is 1. The number of rotatable bonds is 4. The fraction of sp³-hybridized carbons (Fsp3) is 0.200. The highest BCUT2D eigenvalue weighted by Gasteiger charge is 2.08. The van der Waals surface area contributed by atoms with Gasteiger partial charge in [0, 0.05) is 36.4 Å². The van der Waals surface area contributed by atoms with E-state index < -0.39 is 0 Å². The number of aryl methyl sites for hydroxylation is 1. The van der Waals surface area contributed by atoms with Crippen LogP contribution in [0.25, 0.3) is 11.4 Å². The molecule has 0 radical (unpaired) electrons. The van der Waals surface area contributed by atoms with Gasteiger partial charge in [-0.25, -0.2) is 9.97 Å². The molecular formula is C15H15N5O. The first-order chi connectivity index (χ1) is 10.3. The van der Waals surface area contributed by atoms with Gasteiger partial charge in [-0.2, -0.15) is 0 Å². The van der Waals surface area contributed by atoms with E-state index in [9.17, 15) is 0 Å². The second-order valence-electron chi connectivity index (χ2n) is 4.61. The van der Waals surface area contributed by atoms with Crippen molar-refractivity contribution < 1.29 is 4.74 Å². The highest BCUT2D eigenvalue weighted by molar-refractivity contribution is 5.56. The number of nitrogens with zero attached hydrogens (tertiary/aromatic N) is 5. The summed E-state index contributed by atoms with van der Waals surface area (Å²) in [6.45, 7) is 2.54. The number of methoxy groups -OCH3 is 1. The lowest BCUT2D eigenvalue weighted by Crippen LogP contribution is -2.04. The molecule has 0 N–H and O–H groups in total. The normalized spacial score (nSPS) is 10.6. The highest BCUT2D eigenvalue weighted by Crippen LogP contribution is 2.21. The van der Waals surface area contributed by atoms with E-state index in [1.54, 1.807) is 31.9 Å². The van der Waals surface area contributed by atoms with Crippen molar-refractivity contribution in [3.05, 3.63) is 54.5 Å². The smallest absolute Gasteiger partial charge is 0.213 e. The summed E-state index contributed by atoms with van der Waals surface area (Å²) in [5, 5.41) is 0. The fourth-order valence-corrected chi connectivity index (χ4v) is 2.03. The molecule has 6 nitrogen and oxygen atoms in total. The molecule has 0 bridgehead atoms. The Morgan fingerprint density at radius 1 is 1.10 bits per heavy atom. The van der Waals surface area contributed by atoms with Gasteiger partial charge in [-0.3, -0.25) is 9.97 Å². The van der Waals surface area contributed by atoms with Crippen LogP contribution in [0.4, 0.5) is 0 Å². The standard InChI is InChI=1S/C15H15N5O/c1-11-8-19-13(9-18-11)10-20-6-5-17-15(20)12-3-4-16-14(7-12)21-2/h3-9H,10H2,1-2H3.